The summed E-state index contributed by atoms with van der Waals surface area (Å²) < 4.78 is 18.8. The second-order valence-electron chi connectivity index (χ2n) is 11.2. The molecule has 0 aliphatic carbocycles. The van der Waals surface area contributed by atoms with E-state index >= 15 is 0 Å². The van der Waals surface area contributed by atoms with E-state index in [1.165, 1.54) is 12.8 Å². The second-order valence-corrected chi connectivity index (χ2v) is 11.2. The molecule has 2 aliphatic rings. The van der Waals surface area contributed by atoms with Crippen LogP contribution < -0.4 is 5.46 Å². The van der Waals surface area contributed by atoms with E-state index in [1.807, 2.05) is 31.2 Å². The molecule has 0 radical (unpaired) electrons. The fourth-order valence-corrected chi connectivity index (χ4v) is 5.18. The Morgan fingerprint density at radius 3 is 2.60 bits per heavy atom. The topological polar surface area (TPSA) is 71.5 Å². The van der Waals surface area contributed by atoms with Crippen LogP contribution in [0.3, 0.4) is 0 Å². The molecule has 7 heteroatoms. The molecule has 1 atom stereocenters. The molecular formula is C28H34BN3O3. The summed E-state index contributed by atoms with van der Waals surface area (Å²) >= 11 is 0. The van der Waals surface area contributed by atoms with E-state index in [1.54, 1.807) is 0 Å². The Morgan fingerprint density at radius 2 is 1.91 bits per heavy atom. The molecule has 2 aliphatic heterocycles. The zero-order valence-electron chi connectivity index (χ0n) is 21.6. The van der Waals surface area contributed by atoms with Crippen molar-refractivity contribution in [3.63, 3.8) is 0 Å². The lowest BCUT2D eigenvalue weighted by atomic mass is 9.75. The summed E-state index contributed by atoms with van der Waals surface area (Å²) in [6.45, 7) is 15.6. The van der Waals surface area contributed by atoms with Crippen LogP contribution >= 0.6 is 0 Å². The number of nitrogens with zero attached hydrogens (tertiary/aromatic N) is 3. The summed E-state index contributed by atoms with van der Waals surface area (Å²) in [6.07, 6.45) is 2.51. The molecule has 0 saturated carbocycles. The van der Waals surface area contributed by atoms with Crippen LogP contribution in [0.15, 0.2) is 34.7 Å². The molecule has 2 aromatic carbocycles. The summed E-state index contributed by atoms with van der Waals surface area (Å²) in [5, 5.41) is 9.84. The first-order valence-electron chi connectivity index (χ1n) is 12.6. The molecule has 1 unspecified atom stereocenters. The fourth-order valence-electron chi connectivity index (χ4n) is 5.18. The quantitative estimate of drug-likeness (QED) is 0.487. The molecule has 1 aromatic heterocycles. The zero-order chi connectivity index (χ0) is 25.0. The van der Waals surface area contributed by atoms with Crippen LogP contribution in [0.5, 0.6) is 0 Å². The minimum atomic E-state index is -0.461. The number of likely N-dealkylation sites (tertiary alicyclic amines) is 1. The van der Waals surface area contributed by atoms with E-state index in [0.717, 1.165) is 47.3 Å². The van der Waals surface area contributed by atoms with Gasteiger partial charge in [0.1, 0.15) is 11.6 Å². The van der Waals surface area contributed by atoms with E-state index in [9.17, 15) is 5.26 Å². The summed E-state index contributed by atoms with van der Waals surface area (Å²) in [4.78, 5) is 7.30. The van der Waals surface area contributed by atoms with Gasteiger partial charge in [0, 0.05) is 18.7 Å². The van der Waals surface area contributed by atoms with Crippen LogP contribution in [0.2, 0.25) is 0 Å². The molecule has 6 nitrogen and oxygen atoms in total. The number of aromatic nitrogens is 1. The van der Waals surface area contributed by atoms with Crippen molar-refractivity contribution in [3.8, 4) is 17.5 Å². The lowest BCUT2D eigenvalue weighted by molar-refractivity contribution is 0.00578. The second kappa shape index (κ2) is 8.78. The third-order valence-corrected chi connectivity index (χ3v) is 7.93. The monoisotopic (exact) mass is 471 g/mol. The number of nitriles is 1. The van der Waals surface area contributed by atoms with Crippen LogP contribution in [-0.4, -0.2) is 41.3 Å². The number of hydrogen-bond donors (Lipinski definition) is 0. The minimum Gasteiger partial charge on any atom is -0.435 e. The fraction of sp³-hybridized carbons (Fsp3) is 0.500. The summed E-state index contributed by atoms with van der Waals surface area (Å²) in [5.41, 5.74) is 4.90. The Labute approximate surface area is 208 Å². The highest BCUT2D eigenvalue weighted by Gasteiger charge is 2.52. The van der Waals surface area contributed by atoms with Gasteiger partial charge in [-0.25, -0.2) is 4.98 Å². The van der Waals surface area contributed by atoms with Crippen molar-refractivity contribution in [2.24, 2.45) is 5.92 Å². The molecule has 182 valence electrons. The van der Waals surface area contributed by atoms with Crippen molar-refractivity contribution < 1.29 is 13.7 Å². The normalized spacial score (nSPS) is 22.0. The SMILES string of the molecule is Cc1c(B2OC(C)(C)C(C)(C)O2)cccc1-c1nc2cc(CN3CCCC(C)C3)cc(C#N)c2o1. The number of rotatable bonds is 4. The largest absolute Gasteiger partial charge is 0.495 e. The molecule has 0 spiro atoms. The predicted octanol–water partition coefficient (Wildman–Crippen LogP) is 5.21. The first-order chi connectivity index (χ1) is 16.6. The van der Waals surface area contributed by atoms with Gasteiger partial charge in [-0.3, -0.25) is 4.90 Å². The van der Waals surface area contributed by atoms with Gasteiger partial charge in [-0.05, 0) is 94.7 Å². The number of benzene rings is 2. The van der Waals surface area contributed by atoms with E-state index in [4.69, 9.17) is 18.7 Å². The molecule has 3 aromatic rings. The van der Waals surface area contributed by atoms with Gasteiger partial charge in [0.25, 0.3) is 0 Å². The van der Waals surface area contributed by atoms with Crippen LogP contribution in [0.1, 0.15) is 64.2 Å². The molecule has 0 amide bonds. The van der Waals surface area contributed by atoms with Gasteiger partial charge < -0.3 is 13.7 Å². The molecular weight excluding hydrogens is 437 g/mol. The van der Waals surface area contributed by atoms with Crippen LogP contribution in [0, 0.1) is 24.2 Å². The van der Waals surface area contributed by atoms with E-state index < -0.39 is 18.3 Å². The van der Waals surface area contributed by atoms with Crippen LogP contribution in [0.4, 0.5) is 0 Å². The Kier molecular flexibility index (Phi) is 6.03. The van der Waals surface area contributed by atoms with Crippen LogP contribution in [-0.2, 0) is 15.9 Å². The minimum absolute atomic E-state index is 0.415. The van der Waals surface area contributed by atoms with Crippen LogP contribution in [0.25, 0.3) is 22.6 Å². The summed E-state index contributed by atoms with van der Waals surface area (Å²) in [7, 11) is -0.461. The zero-order valence-corrected chi connectivity index (χ0v) is 21.6. The lowest BCUT2D eigenvalue weighted by Gasteiger charge is -2.32. The van der Waals surface area contributed by atoms with Gasteiger partial charge in [-0.2, -0.15) is 5.26 Å². The molecule has 0 bridgehead atoms. The predicted molar refractivity (Wildman–Crippen MR) is 138 cm³/mol. The maximum atomic E-state index is 9.84. The third-order valence-electron chi connectivity index (χ3n) is 7.93. The van der Waals surface area contributed by atoms with Gasteiger partial charge in [-0.15, -0.1) is 0 Å². The van der Waals surface area contributed by atoms with E-state index in [-0.39, 0.29) is 0 Å². The lowest BCUT2D eigenvalue weighted by Crippen LogP contribution is -2.41. The Bertz CT molecular complexity index is 1290. The molecule has 2 fully saturated rings. The van der Waals surface area contributed by atoms with Gasteiger partial charge in [0.2, 0.25) is 5.89 Å². The molecule has 35 heavy (non-hydrogen) atoms. The number of fused-ring (bicyclic) bond motifs is 1. The first kappa shape index (κ1) is 24.1. The number of piperidine rings is 1. The third kappa shape index (κ3) is 4.40. The summed E-state index contributed by atoms with van der Waals surface area (Å²) in [6, 6.07) is 12.3. The van der Waals surface area contributed by atoms with Crippen molar-refractivity contribution in [1.29, 1.82) is 5.26 Å². The smallest absolute Gasteiger partial charge is 0.435 e. The van der Waals surface area contributed by atoms with Crippen molar-refractivity contribution in [1.82, 2.24) is 9.88 Å². The average Bonchev–Trinajstić information content (AvgIpc) is 3.30. The van der Waals surface area contributed by atoms with Gasteiger partial charge in [-0.1, -0.05) is 19.1 Å². The molecule has 0 N–H and O–H groups in total. The maximum Gasteiger partial charge on any atom is 0.495 e. The standard InChI is InChI=1S/C28H34BN3O3/c1-18-9-8-12-32(16-18)17-20-13-21(15-30)25-24(14-20)31-26(33-25)22-10-7-11-23(19(22)2)29-34-27(3,4)28(5,6)35-29/h7,10-11,13-14,18H,8-9,12,16-17H2,1-6H3. The molecule has 5 rings (SSSR count). The molecule has 2 saturated heterocycles. The van der Waals surface area contributed by atoms with E-state index in [0.29, 0.717) is 23.0 Å². The van der Waals surface area contributed by atoms with E-state index in [2.05, 4.69) is 51.7 Å². The Hall–Kier alpha value is -2.66. The van der Waals surface area contributed by atoms with Crippen molar-refractivity contribution >= 4 is 23.7 Å². The van der Waals surface area contributed by atoms with Crippen molar-refractivity contribution in [2.45, 2.75) is 72.1 Å². The first-order valence-corrected chi connectivity index (χ1v) is 12.6. The summed E-state index contributed by atoms with van der Waals surface area (Å²) in [5.74, 6) is 1.22. The van der Waals surface area contributed by atoms with Gasteiger partial charge >= 0.3 is 7.12 Å². The highest BCUT2D eigenvalue weighted by atomic mass is 16.7. The van der Waals surface area contributed by atoms with Gasteiger partial charge in [0.15, 0.2) is 5.58 Å². The number of oxazole rings is 1. The van der Waals surface area contributed by atoms with Crippen molar-refractivity contribution in [2.75, 3.05) is 13.1 Å². The van der Waals surface area contributed by atoms with Crippen molar-refractivity contribution in [3.05, 3.63) is 47.0 Å². The Morgan fingerprint density at radius 1 is 1.17 bits per heavy atom. The average molecular weight is 471 g/mol. The highest BCUT2D eigenvalue weighted by Crippen LogP contribution is 2.37. The van der Waals surface area contributed by atoms with Gasteiger partial charge in [0.05, 0.1) is 16.8 Å². The Balaban J connectivity index is 1.49. The number of hydrogen-bond acceptors (Lipinski definition) is 6. The molecule has 3 heterocycles. The maximum absolute atomic E-state index is 9.84. The highest BCUT2D eigenvalue weighted by molar-refractivity contribution is 6.62.